The molecule has 2 N–H and O–H groups in total. The van der Waals surface area contributed by atoms with E-state index in [0.717, 1.165) is 24.1 Å². The maximum atomic E-state index is 12.1. The number of fused-ring (bicyclic) bond motifs is 1. The summed E-state index contributed by atoms with van der Waals surface area (Å²) in [5, 5.41) is 7.06. The number of benzene rings is 1. The molecule has 2 aromatic rings. The van der Waals surface area contributed by atoms with Gasteiger partial charge < -0.3 is 15.1 Å². The molecule has 1 heterocycles. The van der Waals surface area contributed by atoms with Crippen molar-refractivity contribution >= 4 is 16.9 Å². The number of amides is 1. The van der Waals surface area contributed by atoms with Crippen LogP contribution in [0.3, 0.4) is 0 Å². The van der Waals surface area contributed by atoms with Crippen LogP contribution in [0.25, 0.3) is 11.0 Å². The summed E-state index contributed by atoms with van der Waals surface area (Å²) in [6, 6.07) is 7.32. The predicted octanol–water partition coefficient (Wildman–Crippen LogP) is 2.41. The van der Waals surface area contributed by atoms with Gasteiger partial charge in [-0.25, -0.2) is 0 Å². The van der Waals surface area contributed by atoms with E-state index in [9.17, 15) is 4.79 Å². The van der Waals surface area contributed by atoms with Gasteiger partial charge in [0.25, 0.3) is 5.91 Å². The van der Waals surface area contributed by atoms with Gasteiger partial charge in [-0.3, -0.25) is 4.79 Å². The Bertz CT molecular complexity index is 546. The monoisotopic (exact) mass is 260 g/mol. The summed E-state index contributed by atoms with van der Waals surface area (Å²) >= 11 is 0. The van der Waals surface area contributed by atoms with Crippen molar-refractivity contribution in [2.45, 2.75) is 13.8 Å². The van der Waals surface area contributed by atoms with Gasteiger partial charge in [-0.05, 0) is 30.7 Å². The number of nitrogens with one attached hydrogen (secondary N) is 2. The van der Waals surface area contributed by atoms with E-state index in [4.69, 9.17) is 4.42 Å². The maximum Gasteiger partial charge on any atom is 0.252 e. The first-order chi connectivity index (χ1) is 9.18. The van der Waals surface area contributed by atoms with E-state index in [2.05, 4.69) is 24.5 Å². The molecule has 0 unspecified atom stereocenters. The van der Waals surface area contributed by atoms with E-state index in [-0.39, 0.29) is 5.91 Å². The van der Waals surface area contributed by atoms with Crippen molar-refractivity contribution in [1.29, 1.82) is 0 Å². The van der Waals surface area contributed by atoms with Crippen LogP contribution in [0, 0.1) is 5.92 Å². The Hall–Kier alpha value is -1.81. The molecule has 0 aliphatic carbocycles. The Morgan fingerprint density at radius 1 is 1.26 bits per heavy atom. The van der Waals surface area contributed by atoms with Gasteiger partial charge >= 0.3 is 0 Å². The van der Waals surface area contributed by atoms with Gasteiger partial charge in [0.2, 0.25) is 0 Å². The highest BCUT2D eigenvalue weighted by Crippen LogP contribution is 2.19. The van der Waals surface area contributed by atoms with Crippen LogP contribution >= 0.6 is 0 Å². The molecule has 102 valence electrons. The fourth-order valence-electron chi connectivity index (χ4n) is 1.94. The van der Waals surface area contributed by atoms with Crippen LogP contribution in [0.5, 0.6) is 0 Å². The number of hydrogen-bond acceptors (Lipinski definition) is 3. The average molecular weight is 260 g/mol. The summed E-state index contributed by atoms with van der Waals surface area (Å²) in [4.78, 5) is 12.1. The van der Waals surface area contributed by atoms with E-state index in [1.807, 2.05) is 24.3 Å². The lowest BCUT2D eigenvalue weighted by Gasteiger charge is -2.09. The van der Waals surface area contributed by atoms with Crippen molar-refractivity contribution in [3.8, 4) is 0 Å². The topological polar surface area (TPSA) is 54.3 Å². The molecule has 2 rings (SSSR count). The smallest absolute Gasteiger partial charge is 0.252 e. The molecule has 0 saturated carbocycles. The molecule has 4 nitrogen and oxygen atoms in total. The average Bonchev–Trinajstić information content (AvgIpc) is 2.85. The molecule has 0 radical (unpaired) electrons. The second kappa shape index (κ2) is 6.38. The van der Waals surface area contributed by atoms with Crippen molar-refractivity contribution in [3.63, 3.8) is 0 Å². The molecule has 0 aliphatic heterocycles. The first-order valence-electron chi connectivity index (χ1n) is 6.63. The predicted molar refractivity (Wildman–Crippen MR) is 76.3 cm³/mol. The van der Waals surface area contributed by atoms with E-state index in [0.29, 0.717) is 18.0 Å². The number of furan rings is 1. The SMILES string of the molecule is CC(C)CNCCNC(=O)c1cccc2occc12. The summed E-state index contributed by atoms with van der Waals surface area (Å²) in [7, 11) is 0. The molecule has 1 aromatic carbocycles. The second-order valence-electron chi connectivity index (χ2n) is 4.99. The first-order valence-corrected chi connectivity index (χ1v) is 6.63. The van der Waals surface area contributed by atoms with Gasteiger partial charge in [0.1, 0.15) is 5.58 Å². The highest BCUT2D eigenvalue weighted by atomic mass is 16.3. The van der Waals surface area contributed by atoms with E-state index >= 15 is 0 Å². The van der Waals surface area contributed by atoms with Crippen molar-refractivity contribution in [2.75, 3.05) is 19.6 Å². The molecule has 0 bridgehead atoms. The summed E-state index contributed by atoms with van der Waals surface area (Å²) in [6.45, 7) is 6.69. The molecule has 0 fully saturated rings. The van der Waals surface area contributed by atoms with Crippen LogP contribution in [0.1, 0.15) is 24.2 Å². The van der Waals surface area contributed by atoms with E-state index in [1.54, 1.807) is 6.26 Å². The van der Waals surface area contributed by atoms with Gasteiger partial charge in [-0.1, -0.05) is 19.9 Å². The van der Waals surface area contributed by atoms with Gasteiger partial charge in [-0.2, -0.15) is 0 Å². The molecule has 0 atom stereocenters. The Kier molecular flexibility index (Phi) is 4.58. The molecule has 1 amide bonds. The normalized spacial score (nSPS) is 11.1. The molecule has 1 aromatic heterocycles. The quantitative estimate of drug-likeness (QED) is 0.784. The molecule has 0 saturated heterocycles. The van der Waals surface area contributed by atoms with Crippen molar-refractivity contribution in [3.05, 3.63) is 36.1 Å². The third-order valence-electron chi connectivity index (χ3n) is 2.88. The van der Waals surface area contributed by atoms with E-state index in [1.165, 1.54) is 0 Å². The van der Waals surface area contributed by atoms with Crippen LogP contribution in [0.4, 0.5) is 0 Å². The number of carbonyl (C=O) groups excluding carboxylic acids is 1. The summed E-state index contributed by atoms with van der Waals surface area (Å²) in [5.41, 5.74) is 1.40. The number of hydrogen-bond donors (Lipinski definition) is 2. The van der Waals surface area contributed by atoms with Crippen LogP contribution in [0.2, 0.25) is 0 Å². The van der Waals surface area contributed by atoms with Gasteiger partial charge in [0, 0.05) is 18.5 Å². The molecular formula is C15H20N2O2. The van der Waals surface area contributed by atoms with Crippen molar-refractivity contribution in [1.82, 2.24) is 10.6 Å². The zero-order valence-corrected chi connectivity index (χ0v) is 11.4. The maximum absolute atomic E-state index is 12.1. The minimum atomic E-state index is -0.0571. The summed E-state index contributed by atoms with van der Waals surface area (Å²) in [6.07, 6.45) is 1.60. The Morgan fingerprint density at radius 3 is 2.89 bits per heavy atom. The Balaban J connectivity index is 1.88. The zero-order chi connectivity index (χ0) is 13.7. The third kappa shape index (κ3) is 3.58. The summed E-state index contributed by atoms with van der Waals surface area (Å²) < 4.78 is 5.29. The van der Waals surface area contributed by atoms with Crippen LogP contribution in [-0.2, 0) is 0 Å². The Labute approximate surface area is 113 Å². The molecule has 0 spiro atoms. The van der Waals surface area contributed by atoms with Crippen LogP contribution in [0.15, 0.2) is 34.9 Å². The van der Waals surface area contributed by atoms with Gasteiger partial charge in [-0.15, -0.1) is 0 Å². The molecule has 4 heteroatoms. The van der Waals surface area contributed by atoms with E-state index < -0.39 is 0 Å². The van der Waals surface area contributed by atoms with Crippen LogP contribution in [-0.4, -0.2) is 25.5 Å². The van der Waals surface area contributed by atoms with Gasteiger partial charge in [0.05, 0.1) is 11.8 Å². The first kappa shape index (κ1) is 13.6. The zero-order valence-electron chi connectivity index (χ0n) is 11.4. The standard InChI is InChI=1S/C15H20N2O2/c1-11(2)10-16-7-8-17-15(18)13-4-3-5-14-12(13)6-9-19-14/h3-6,9,11,16H,7-8,10H2,1-2H3,(H,17,18). The lowest BCUT2D eigenvalue weighted by Crippen LogP contribution is -2.33. The largest absolute Gasteiger partial charge is 0.464 e. The summed E-state index contributed by atoms with van der Waals surface area (Å²) in [5.74, 6) is 0.564. The lowest BCUT2D eigenvalue weighted by atomic mass is 10.1. The Morgan fingerprint density at radius 2 is 2.11 bits per heavy atom. The fraction of sp³-hybridized carbons (Fsp3) is 0.400. The minimum Gasteiger partial charge on any atom is -0.464 e. The van der Waals surface area contributed by atoms with Gasteiger partial charge in [0.15, 0.2) is 0 Å². The second-order valence-corrected chi connectivity index (χ2v) is 4.99. The third-order valence-corrected chi connectivity index (χ3v) is 2.88. The van der Waals surface area contributed by atoms with Crippen molar-refractivity contribution < 1.29 is 9.21 Å². The molecule has 19 heavy (non-hydrogen) atoms. The minimum absolute atomic E-state index is 0.0571. The number of carbonyl (C=O) groups is 1. The fourth-order valence-corrected chi connectivity index (χ4v) is 1.94. The molecular weight excluding hydrogens is 240 g/mol. The molecule has 0 aliphatic rings. The van der Waals surface area contributed by atoms with Crippen LogP contribution < -0.4 is 10.6 Å². The highest BCUT2D eigenvalue weighted by Gasteiger charge is 2.10. The van der Waals surface area contributed by atoms with Crippen molar-refractivity contribution in [2.24, 2.45) is 5.92 Å². The highest BCUT2D eigenvalue weighted by molar-refractivity contribution is 6.05. The lowest BCUT2D eigenvalue weighted by molar-refractivity contribution is 0.0955. The number of rotatable bonds is 6.